The summed E-state index contributed by atoms with van der Waals surface area (Å²) in [5.41, 5.74) is 0. The van der Waals surface area contributed by atoms with Gasteiger partial charge in [0.15, 0.2) is 12.4 Å². The molecule has 0 bridgehead atoms. The fraction of sp³-hybridized carbons (Fsp3) is 0.364. The quantitative estimate of drug-likeness (QED) is 0.402. The van der Waals surface area contributed by atoms with E-state index in [2.05, 4.69) is 4.74 Å². The molecule has 15 heavy (non-hydrogen) atoms. The lowest BCUT2D eigenvalue weighted by Crippen LogP contribution is -2.37. The fourth-order valence-electron chi connectivity index (χ4n) is 1.17. The van der Waals surface area contributed by atoms with Crippen molar-refractivity contribution in [3.8, 4) is 0 Å². The Morgan fingerprint density at radius 2 is 1.87 bits per heavy atom. The highest BCUT2D eigenvalue weighted by atomic mass is 16.5. The third-order valence-corrected chi connectivity index (χ3v) is 1.78. The molecule has 1 aromatic heterocycles. The van der Waals surface area contributed by atoms with Gasteiger partial charge in [-0.05, 0) is 6.92 Å². The molecular formula is C11H14NO3+. The average Bonchev–Trinajstić information content (AvgIpc) is 2.19. The van der Waals surface area contributed by atoms with Gasteiger partial charge in [-0.3, -0.25) is 9.59 Å². The second-order valence-corrected chi connectivity index (χ2v) is 3.07. The molecule has 0 saturated carbocycles. The zero-order valence-electron chi connectivity index (χ0n) is 8.68. The normalized spacial score (nSPS) is 9.67. The third kappa shape index (κ3) is 4.35. The van der Waals surface area contributed by atoms with E-state index in [9.17, 15) is 9.59 Å². The maximum Gasteiger partial charge on any atom is 0.313 e. The van der Waals surface area contributed by atoms with E-state index in [4.69, 9.17) is 0 Å². The van der Waals surface area contributed by atoms with Crippen LogP contribution in [0.3, 0.4) is 0 Å². The summed E-state index contributed by atoms with van der Waals surface area (Å²) in [6, 6.07) is 5.53. The minimum atomic E-state index is -0.459. The van der Waals surface area contributed by atoms with E-state index in [-0.39, 0.29) is 18.7 Å². The van der Waals surface area contributed by atoms with Gasteiger partial charge in [0, 0.05) is 12.1 Å². The molecule has 0 amide bonds. The van der Waals surface area contributed by atoms with Crippen molar-refractivity contribution in [2.45, 2.75) is 19.9 Å². The van der Waals surface area contributed by atoms with E-state index in [1.165, 1.54) is 0 Å². The Morgan fingerprint density at radius 1 is 1.20 bits per heavy atom. The van der Waals surface area contributed by atoms with Crippen LogP contribution in [0.25, 0.3) is 0 Å². The van der Waals surface area contributed by atoms with Gasteiger partial charge in [-0.2, -0.15) is 4.57 Å². The summed E-state index contributed by atoms with van der Waals surface area (Å²) >= 11 is 0. The van der Waals surface area contributed by atoms with Crippen LogP contribution in [0.1, 0.15) is 13.3 Å². The van der Waals surface area contributed by atoms with Gasteiger partial charge < -0.3 is 4.74 Å². The molecular weight excluding hydrogens is 194 g/mol. The standard InChI is InChI=1S/C11H14NO3/c1-2-15-11(14)8-10(13)9-12-6-4-3-5-7-12/h3-7H,2,8-9H2,1H3/q+1. The molecule has 1 aromatic rings. The molecule has 0 N–H and O–H groups in total. The van der Waals surface area contributed by atoms with Gasteiger partial charge in [0.25, 0.3) is 0 Å². The molecule has 0 atom stereocenters. The monoisotopic (exact) mass is 208 g/mol. The molecule has 0 spiro atoms. The first-order valence-electron chi connectivity index (χ1n) is 4.83. The first kappa shape index (κ1) is 11.4. The van der Waals surface area contributed by atoms with Crippen LogP contribution < -0.4 is 4.57 Å². The summed E-state index contributed by atoms with van der Waals surface area (Å²) in [7, 11) is 0. The van der Waals surface area contributed by atoms with Crippen molar-refractivity contribution in [1.29, 1.82) is 0 Å². The molecule has 0 aliphatic carbocycles. The molecule has 0 fully saturated rings. The Labute approximate surface area is 88.5 Å². The van der Waals surface area contributed by atoms with E-state index in [0.717, 1.165) is 0 Å². The Kier molecular flexibility index (Phi) is 4.47. The lowest BCUT2D eigenvalue weighted by atomic mass is 10.3. The van der Waals surface area contributed by atoms with Crippen LogP contribution in [-0.4, -0.2) is 18.4 Å². The van der Waals surface area contributed by atoms with Gasteiger partial charge in [0.1, 0.15) is 6.42 Å². The molecule has 1 heterocycles. The number of nitrogens with zero attached hydrogens (tertiary/aromatic N) is 1. The number of pyridine rings is 1. The average molecular weight is 208 g/mol. The number of esters is 1. The van der Waals surface area contributed by atoms with Crippen molar-refractivity contribution < 1.29 is 18.9 Å². The number of aromatic nitrogens is 1. The molecule has 0 unspecified atom stereocenters. The van der Waals surface area contributed by atoms with Gasteiger partial charge in [0.2, 0.25) is 12.3 Å². The largest absolute Gasteiger partial charge is 0.466 e. The van der Waals surface area contributed by atoms with Crippen molar-refractivity contribution in [1.82, 2.24) is 0 Å². The second-order valence-electron chi connectivity index (χ2n) is 3.07. The number of carbonyl (C=O) groups is 2. The van der Waals surface area contributed by atoms with E-state index in [1.54, 1.807) is 23.9 Å². The lowest BCUT2D eigenvalue weighted by molar-refractivity contribution is -0.684. The number of ketones is 1. The topological polar surface area (TPSA) is 47.3 Å². The molecule has 1 rings (SSSR count). The van der Waals surface area contributed by atoms with E-state index in [0.29, 0.717) is 6.61 Å². The van der Waals surface area contributed by atoms with Gasteiger partial charge in [-0.25, -0.2) is 0 Å². The summed E-state index contributed by atoms with van der Waals surface area (Å²) in [6.45, 7) is 2.23. The molecule has 0 aliphatic rings. The van der Waals surface area contributed by atoms with Crippen molar-refractivity contribution >= 4 is 11.8 Å². The number of Topliss-reactive ketones (excluding diaryl/α,β-unsaturated/α-hetero) is 1. The Hall–Kier alpha value is -1.71. The number of hydrogen-bond donors (Lipinski definition) is 0. The highest BCUT2D eigenvalue weighted by Crippen LogP contribution is 1.89. The highest BCUT2D eigenvalue weighted by Gasteiger charge is 2.14. The van der Waals surface area contributed by atoms with Crippen LogP contribution in [0.4, 0.5) is 0 Å². The van der Waals surface area contributed by atoms with Crippen LogP contribution in [0.5, 0.6) is 0 Å². The summed E-state index contributed by atoms with van der Waals surface area (Å²) in [5, 5.41) is 0. The van der Waals surface area contributed by atoms with Crippen molar-refractivity contribution in [2.24, 2.45) is 0 Å². The van der Waals surface area contributed by atoms with Crippen LogP contribution >= 0.6 is 0 Å². The SMILES string of the molecule is CCOC(=O)CC(=O)C[n+]1ccccc1. The first-order chi connectivity index (χ1) is 7.22. The lowest BCUT2D eigenvalue weighted by Gasteiger charge is -1.99. The maximum atomic E-state index is 11.4. The number of ether oxygens (including phenoxy) is 1. The maximum absolute atomic E-state index is 11.4. The van der Waals surface area contributed by atoms with E-state index >= 15 is 0 Å². The van der Waals surface area contributed by atoms with Crippen molar-refractivity contribution in [3.05, 3.63) is 30.6 Å². The second kappa shape index (κ2) is 5.90. The summed E-state index contributed by atoms with van der Waals surface area (Å²) in [4.78, 5) is 22.4. The molecule has 0 aliphatic heterocycles. The van der Waals surface area contributed by atoms with E-state index in [1.807, 2.05) is 18.2 Å². The zero-order valence-corrected chi connectivity index (χ0v) is 8.68. The molecule has 0 saturated heterocycles. The van der Waals surface area contributed by atoms with E-state index < -0.39 is 5.97 Å². The van der Waals surface area contributed by atoms with Crippen molar-refractivity contribution in [2.75, 3.05) is 6.61 Å². The smallest absolute Gasteiger partial charge is 0.313 e. The minimum Gasteiger partial charge on any atom is -0.466 e. The predicted octanol–water partition coefficient (Wildman–Crippen LogP) is 0.496. The molecule has 0 radical (unpaired) electrons. The molecule has 4 heteroatoms. The summed E-state index contributed by atoms with van der Waals surface area (Å²) in [5.74, 6) is -0.608. The highest BCUT2D eigenvalue weighted by molar-refractivity contribution is 5.94. The first-order valence-corrected chi connectivity index (χ1v) is 4.83. The summed E-state index contributed by atoms with van der Waals surface area (Å²) in [6.07, 6.45) is 3.40. The van der Waals surface area contributed by atoms with Crippen LogP contribution in [0, 0.1) is 0 Å². The number of carbonyl (C=O) groups excluding carboxylic acids is 2. The Bertz CT molecular complexity index is 335. The fourth-order valence-corrected chi connectivity index (χ4v) is 1.17. The molecule has 4 nitrogen and oxygen atoms in total. The van der Waals surface area contributed by atoms with Gasteiger partial charge in [-0.1, -0.05) is 6.07 Å². The van der Waals surface area contributed by atoms with Gasteiger partial charge >= 0.3 is 5.97 Å². The predicted molar refractivity (Wildman–Crippen MR) is 52.9 cm³/mol. The number of hydrogen-bond acceptors (Lipinski definition) is 3. The molecule has 0 aromatic carbocycles. The van der Waals surface area contributed by atoms with Gasteiger partial charge in [0.05, 0.1) is 6.61 Å². The van der Waals surface area contributed by atoms with Gasteiger partial charge in [-0.15, -0.1) is 0 Å². The van der Waals surface area contributed by atoms with Crippen LogP contribution in [-0.2, 0) is 20.9 Å². The zero-order chi connectivity index (χ0) is 11.1. The van der Waals surface area contributed by atoms with Crippen LogP contribution in [0.2, 0.25) is 0 Å². The Morgan fingerprint density at radius 3 is 2.47 bits per heavy atom. The Balaban J connectivity index is 2.40. The molecule has 80 valence electrons. The third-order valence-electron chi connectivity index (χ3n) is 1.78. The minimum absolute atomic E-state index is 0.148. The number of rotatable bonds is 5. The van der Waals surface area contributed by atoms with Crippen LogP contribution in [0.15, 0.2) is 30.6 Å². The summed E-state index contributed by atoms with van der Waals surface area (Å²) < 4.78 is 6.40. The van der Waals surface area contributed by atoms with Crippen molar-refractivity contribution in [3.63, 3.8) is 0 Å².